The molecule has 1 heterocycles. The van der Waals surface area contributed by atoms with E-state index in [4.69, 9.17) is 4.74 Å². The van der Waals surface area contributed by atoms with Crippen LogP contribution >= 0.6 is 0 Å². The molecule has 1 N–H and O–H groups in total. The average molecular weight is 476 g/mol. The first-order valence-corrected chi connectivity index (χ1v) is 12.2. The lowest BCUT2D eigenvalue weighted by molar-refractivity contribution is -0.123. The van der Waals surface area contributed by atoms with Crippen molar-refractivity contribution in [3.8, 4) is 5.75 Å². The smallest absolute Gasteiger partial charge is 0.264 e. The van der Waals surface area contributed by atoms with Crippen LogP contribution < -0.4 is 14.4 Å². The number of hydrogen-bond donors (Lipinski definition) is 1. The van der Waals surface area contributed by atoms with Crippen LogP contribution in [0.15, 0.2) is 96.0 Å². The van der Waals surface area contributed by atoms with Crippen molar-refractivity contribution in [3.05, 3.63) is 96.8 Å². The van der Waals surface area contributed by atoms with Gasteiger partial charge in [0.1, 0.15) is 5.75 Å². The van der Waals surface area contributed by atoms with E-state index in [1.165, 1.54) is 11.4 Å². The highest BCUT2D eigenvalue weighted by atomic mass is 32.2. The predicted molar refractivity (Wildman–Crippen MR) is 132 cm³/mol. The fourth-order valence-electron chi connectivity index (χ4n) is 3.52. The van der Waals surface area contributed by atoms with E-state index < -0.39 is 10.0 Å². The van der Waals surface area contributed by atoms with E-state index in [1.54, 1.807) is 48.7 Å². The van der Waals surface area contributed by atoms with Crippen LogP contribution in [0.3, 0.4) is 0 Å². The number of rotatable bonds is 8. The summed E-state index contributed by atoms with van der Waals surface area (Å²) in [7, 11) is -2.23. The number of aromatic nitrogens is 1. The van der Waals surface area contributed by atoms with Gasteiger partial charge in [0, 0.05) is 13.2 Å². The molecular formula is C26H25N3O4S. The molecule has 8 heteroatoms. The number of fused-ring (bicyclic) bond motifs is 1. The summed E-state index contributed by atoms with van der Waals surface area (Å²) in [6.45, 7) is 1.68. The molecule has 0 spiro atoms. The van der Waals surface area contributed by atoms with E-state index in [9.17, 15) is 13.2 Å². The number of pyridine rings is 1. The van der Waals surface area contributed by atoms with Gasteiger partial charge in [-0.15, -0.1) is 0 Å². The van der Waals surface area contributed by atoms with Crippen molar-refractivity contribution < 1.29 is 17.9 Å². The number of nitrogens with zero attached hydrogens (tertiary/aromatic N) is 2. The molecule has 0 saturated heterocycles. The van der Waals surface area contributed by atoms with E-state index in [1.807, 2.05) is 49.4 Å². The molecular weight excluding hydrogens is 450 g/mol. The molecule has 4 aromatic rings. The molecule has 0 aliphatic heterocycles. The maximum Gasteiger partial charge on any atom is 0.264 e. The molecule has 0 saturated carbocycles. The van der Waals surface area contributed by atoms with Gasteiger partial charge in [-0.2, -0.15) is 0 Å². The van der Waals surface area contributed by atoms with Crippen molar-refractivity contribution in [2.75, 3.05) is 18.0 Å². The van der Waals surface area contributed by atoms with Gasteiger partial charge in [0.2, 0.25) is 0 Å². The maximum absolute atomic E-state index is 13.1. The van der Waals surface area contributed by atoms with Gasteiger partial charge in [0.25, 0.3) is 15.9 Å². The number of benzene rings is 3. The molecule has 3 aromatic carbocycles. The van der Waals surface area contributed by atoms with Crippen molar-refractivity contribution in [3.63, 3.8) is 0 Å². The van der Waals surface area contributed by atoms with E-state index in [0.717, 1.165) is 16.5 Å². The molecule has 1 amide bonds. The number of anilines is 1. The zero-order chi connectivity index (χ0) is 24.1. The Kier molecular flexibility index (Phi) is 6.79. The van der Waals surface area contributed by atoms with Gasteiger partial charge < -0.3 is 10.1 Å². The van der Waals surface area contributed by atoms with E-state index in [-0.39, 0.29) is 23.5 Å². The average Bonchev–Trinajstić information content (AvgIpc) is 2.87. The lowest BCUT2D eigenvalue weighted by atomic mass is 10.1. The molecule has 0 unspecified atom stereocenters. The Morgan fingerprint density at radius 2 is 1.68 bits per heavy atom. The molecule has 0 fully saturated rings. The van der Waals surface area contributed by atoms with E-state index in [0.29, 0.717) is 11.4 Å². The van der Waals surface area contributed by atoms with Gasteiger partial charge in [-0.1, -0.05) is 36.4 Å². The van der Waals surface area contributed by atoms with Crippen LogP contribution in [0.1, 0.15) is 18.7 Å². The van der Waals surface area contributed by atoms with Gasteiger partial charge in [-0.25, -0.2) is 8.42 Å². The highest BCUT2D eigenvalue weighted by molar-refractivity contribution is 7.92. The van der Waals surface area contributed by atoms with Crippen LogP contribution in [-0.2, 0) is 14.8 Å². The van der Waals surface area contributed by atoms with Crippen LogP contribution in [0, 0.1) is 0 Å². The summed E-state index contributed by atoms with van der Waals surface area (Å²) in [5, 5.41) is 4.67. The Labute approximate surface area is 199 Å². The Hall–Kier alpha value is -3.91. The quantitative estimate of drug-likeness (QED) is 0.410. The van der Waals surface area contributed by atoms with Gasteiger partial charge in [0.15, 0.2) is 6.61 Å². The first kappa shape index (κ1) is 23.3. The Balaban J connectivity index is 1.38. The van der Waals surface area contributed by atoms with E-state index in [2.05, 4.69) is 10.3 Å². The number of carbonyl (C=O) groups is 1. The van der Waals surface area contributed by atoms with Crippen molar-refractivity contribution >= 4 is 32.4 Å². The molecule has 0 bridgehead atoms. The van der Waals surface area contributed by atoms with Gasteiger partial charge in [0.05, 0.1) is 22.3 Å². The van der Waals surface area contributed by atoms with Crippen molar-refractivity contribution in [1.29, 1.82) is 0 Å². The number of amides is 1. The first-order chi connectivity index (χ1) is 16.3. The molecule has 0 aliphatic rings. The normalized spacial score (nSPS) is 12.2. The number of carbonyl (C=O) groups excluding carboxylic acids is 1. The maximum atomic E-state index is 13.1. The minimum absolute atomic E-state index is 0.165. The molecule has 174 valence electrons. The largest absolute Gasteiger partial charge is 0.484 e. The summed E-state index contributed by atoms with van der Waals surface area (Å²) in [4.78, 5) is 16.6. The van der Waals surface area contributed by atoms with Gasteiger partial charge >= 0.3 is 0 Å². The fraction of sp³-hybridized carbons (Fsp3) is 0.154. The predicted octanol–water partition coefficient (Wildman–Crippen LogP) is 4.32. The minimum atomic E-state index is -3.74. The minimum Gasteiger partial charge on any atom is -0.484 e. The molecule has 1 aromatic heterocycles. The fourth-order valence-corrected chi connectivity index (χ4v) is 4.75. The van der Waals surface area contributed by atoms with Crippen molar-refractivity contribution in [1.82, 2.24) is 10.3 Å². The highest BCUT2D eigenvalue weighted by Crippen LogP contribution is 2.26. The topological polar surface area (TPSA) is 88.6 Å². The molecule has 4 rings (SSSR count). The molecule has 0 aliphatic carbocycles. The zero-order valence-electron chi connectivity index (χ0n) is 18.9. The Morgan fingerprint density at radius 3 is 2.38 bits per heavy atom. The summed E-state index contributed by atoms with van der Waals surface area (Å²) in [6, 6.07) is 24.5. The Bertz CT molecular complexity index is 1390. The number of ether oxygens (including phenoxy) is 1. The van der Waals surface area contributed by atoms with Crippen molar-refractivity contribution in [2.45, 2.75) is 17.9 Å². The molecule has 34 heavy (non-hydrogen) atoms. The van der Waals surface area contributed by atoms with Crippen LogP contribution in [0.5, 0.6) is 5.75 Å². The summed E-state index contributed by atoms with van der Waals surface area (Å²) < 4.78 is 33.0. The number of hydrogen-bond acceptors (Lipinski definition) is 5. The van der Waals surface area contributed by atoms with Gasteiger partial charge in [-0.05, 0) is 66.2 Å². The second kappa shape index (κ2) is 9.93. The third kappa shape index (κ3) is 5.18. The lowest BCUT2D eigenvalue weighted by Crippen LogP contribution is -2.31. The lowest BCUT2D eigenvalue weighted by Gasteiger charge is -2.20. The first-order valence-electron chi connectivity index (χ1n) is 10.8. The summed E-state index contributed by atoms with van der Waals surface area (Å²) in [5.74, 6) is 0.180. The van der Waals surface area contributed by atoms with Crippen molar-refractivity contribution in [2.24, 2.45) is 0 Å². The molecule has 1 atom stereocenters. The second-order valence-corrected chi connectivity index (χ2v) is 9.78. The SMILES string of the molecule is C[C@@H](NC(=O)COc1ccc(N(C)S(=O)(=O)c2ccc3ccccc3c2)cc1)c1ccccn1. The molecule has 7 nitrogen and oxygen atoms in total. The number of sulfonamides is 1. The third-order valence-electron chi connectivity index (χ3n) is 5.46. The zero-order valence-corrected chi connectivity index (χ0v) is 19.7. The van der Waals surface area contributed by atoms with Crippen LogP contribution in [-0.4, -0.2) is 33.0 Å². The molecule has 0 radical (unpaired) electrons. The van der Waals surface area contributed by atoms with Crippen LogP contribution in [0.2, 0.25) is 0 Å². The standard InChI is InChI=1S/C26H25N3O4S/c1-19(25-9-5-6-16-27-25)28-26(30)18-33-23-13-11-22(12-14-23)29(2)34(31,32)24-15-10-20-7-3-4-8-21(20)17-24/h3-17,19H,18H2,1-2H3,(H,28,30)/t19-/m1/s1. The van der Waals surface area contributed by atoms with Crippen LogP contribution in [0.25, 0.3) is 10.8 Å². The summed E-state index contributed by atoms with van der Waals surface area (Å²) in [6.07, 6.45) is 1.67. The third-order valence-corrected chi connectivity index (χ3v) is 7.24. The monoisotopic (exact) mass is 475 g/mol. The van der Waals surface area contributed by atoms with Gasteiger partial charge in [-0.3, -0.25) is 14.1 Å². The number of nitrogens with one attached hydrogen (secondary N) is 1. The van der Waals surface area contributed by atoms with Crippen LogP contribution in [0.4, 0.5) is 5.69 Å². The summed E-state index contributed by atoms with van der Waals surface area (Å²) >= 11 is 0. The second-order valence-electron chi connectivity index (χ2n) is 7.81. The summed E-state index contributed by atoms with van der Waals surface area (Å²) in [5.41, 5.74) is 1.24. The Morgan fingerprint density at radius 1 is 0.971 bits per heavy atom. The highest BCUT2D eigenvalue weighted by Gasteiger charge is 2.21. The van der Waals surface area contributed by atoms with E-state index >= 15 is 0 Å².